The number of phenols is 1. The molecule has 0 saturated carbocycles. The zero-order valence-corrected chi connectivity index (χ0v) is 10.9. The van der Waals surface area contributed by atoms with Crippen LogP contribution in [0, 0.1) is 0 Å². The maximum Gasteiger partial charge on any atom is 0.137 e. The van der Waals surface area contributed by atoms with E-state index in [1.165, 1.54) is 24.0 Å². The number of phenolic OH excluding ortho intramolecular Hbond substituents is 1. The topological polar surface area (TPSA) is 46.2 Å². The molecule has 1 aromatic carbocycles. The first-order chi connectivity index (χ1) is 8.24. The molecule has 17 heavy (non-hydrogen) atoms. The normalized spacial score (nSPS) is 14.7. The second-order valence-corrected chi connectivity index (χ2v) is 5.18. The SMILES string of the molecule is NCCCCc1c(O)c(Cl)cc2c1CCCC2. The van der Waals surface area contributed by atoms with Gasteiger partial charge in [-0.1, -0.05) is 11.6 Å². The Morgan fingerprint density at radius 1 is 1.24 bits per heavy atom. The average molecular weight is 254 g/mol. The molecule has 2 rings (SSSR count). The third-order valence-corrected chi connectivity index (χ3v) is 3.86. The number of hydrogen-bond acceptors (Lipinski definition) is 2. The molecule has 1 aromatic rings. The van der Waals surface area contributed by atoms with E-state index in [1.54, 1.807) is 0 Å². The van der Waals surface area contributed by atoms with Gasteiger partial charge in [0.05, 0.1) is 5.02 Å². The Bertz CT molecular complexity index is 404. The van der Waals surface area contributed by atoms with Gasteiger partial charge < -0.3 is 10.8 Å². The number of hydrogen-bond donors (Lipinski definition) is 2. The number of nitrogens with two attached hydrogens (primary N) is 1. The monoisotopic (exact) mass is 253 g/mol. The van der Waals surface area contributed by atoms with E-state index >= 15 is 0 Å². The minimum absolute atomic E-state index is 0.296. The van der Waals surface area contributed by atoms with E-state index in [0.717, 1.165) is 37.7 Å². The fourth-order valence-corrected chi connectivity index (χ4v) is 2.90. The minimum atomic E-state index is 0.296. The third-order valence-electron chi connectivity index (χ3n) is 3.57. The second kappa shape index (κ2) is 5.74. The van der Waals surface area contributed by atoms with Crippen molar-refractivity contribution in [1.82, 2.24) is 0 Å². The van der Waals surface area contributed by atoms with Crippen LogP contribution in [-0.4, -0.2) is 11.7 Å². The third kappa shape index (κ3) is 2.75. The number of benzene rings is 1. The summed E-state index contributed by atoms with van der Waals surface area (Å²) in [6.07, 6.45) is 7.55. The highest BCUT2D eigenvalue weighted by molar-refractivity contribution is 6.32. The van der Waals surface area contributed by atoms with Crippen LogP contribution in [0.4, 0.5) is 0 Å². The molecular weight excluding hydrogens is 234 g/mol. The maximum absolute atomic E-state index is 10.1. The van der Waals surface area contributed by atoms with Crippen molar-refractivity contribution in [1.29, 1.82) is 0 Å². The predicted octanol–water partition coefficient (Wildman–Crippen LogP) is 3.21. The summed E-state index contributed by atoms with van der Waals surface area (Å²) >= 11 is 6.09. The Hall–Kier alpha value is -0.730. The summed E-state index contributed by atoms with van der Waals surface area (Å²) in [5.74, 6) is 0.296. The molecule has 0 aliphatic heterocycles. The molecule has 94 valence electrons. The molecule has 0 fully saturated rings. The molecule has 1 aliphatic rings. The summed E-state index contributed by atoms with van der Waals surface area (Å²) in [5.41, 5.74) is 9.26. The quantitative estimate of drug-likeness (QED) is 0.810. The predicted molar refractivity (Wildman–Crippen MR) is 71.8 cm³/mol. The number of aryl methyl sites for hydroxylation is 1. The van der Waals surface area contributed by atoms with E-state index < -0.39 is 0 Å². The van der Waals surface area contributed by atoms with Crippen LogP contribution < -0.4 is 5.73 Å². The summed E-state index contributed by atoms with van der Waals surface area (Å²) in [6, 6.07) is 1.94. The van der Waals surface area contributed by atoms with Gasteiger partial charge in [0, 0.05) is 0 Å². The molecule has 0 atom stereocenters. The van der Waals surface area contributed by atoms with E-state index in [9.17, 15) is 5.11 Å². The maximum atomic E-state index is 10.1. The van der Waals surface area contributed by atoms with E-state index in [4.69, 9.17) is 17.3 Å². The summed E-state index contributed by atoms with van der Waals surface area (Å²) in [5, 5.41) is 10.6. The first-order valence-corrected chi connectivity index (χ1v) is 6.84. The van der Waals surface area contributed by atoms with Crippen LogP contribution in [0.1, 0.15) is 42.4 Å². The summed E-state index contributed by atoms with van der Waals surface area (Å²) in [7, 11) is 0. The number of halogens is 1. The Morgan fingerprint density at radius 3 is 2.76 bits per heavy atom. The zero-order valence-electron chi connectivity index (χ0n) is 10.1. The van der Waals surface area contributed by atoms with Crippen molar-refractivity contribution in [2.24, 2.45) is 5.73 Å². The molecule has 0 saturated heterocycles. The Morgan fingerprint density at radius 2 is 2.00 bits per heavy atom. The minimum Gasteiger partial charge on any atom is -0.506 e. The molecule has 0 heterocycles. The van der Waals surface area contributed by atoms with Gasteiger partial charge in [0.25, 0.3) is 0 Å². The van der Waals surface area contributed by atoms with Crippen molar-refractivity contribution in [3.8, 4) is 5.75 Å². The van der Waals surface area contributed by atoms with Gasteiger partial charge in [-0.2, -0.15) is 0 Å². The van der Waals surface area contributed by atoms with Crippen LogP contribution >= 0.6 is 11.6 Å². The fourth-order valence-electron chi connectivity index (χ4n) is 2.66. The van der Waals surface area contributed by atoms with Crippen molar-refractivity contribution >= 4 is 11.6 Å². The van der Waals surface area contributed by atoms with Gasteiger partial charge in [0.15, 0.2) is 0 Å². The first-order valence-electron chi connectivity index (χ1n) is 6.46. The van der Waals surface area contributed by atoms with E-state index in [0.29, 0.717) is 17.3 Å². The number of aromatic hydroxyl groups is 1. The van der Waals surface area contributed by atoms with E-state index in [2.05, 4.69) is 0 Å². The Labute approximate surface area is 108 Å². The highest BCUT2D eigenvalue weighted by atomic mass is 35.5. The second-order valence-electron chi connectivity index (χ2n) is 4.78. The highest BCUT2D eigenvalue weighted by Crippen LogP contribution is 2.37. The molecule has 0 spiro atoms. The molecule has 3 heteroatoms. The number of rotatable bonds is 4. The lowest BCUT2D eigenvalue weighted by atomic mass is 9.86. The van der Waals surface area contributed by atoms with Gasteiger partial charge in [-0.05, 0) is 74.2 Å². The largest absolute Gasteiger partial charge is 0.506 e. The molecule has 0 unspecified atom stereocenters. The molecular formula is C14H20ClNO. The van der Waals surface area contributed by atoms with Crippen LogP contribution in [0.25, 0.3) is 0 Å². The Balaban J connectivity index is 2.30. The standard InChI is InChI=1S/C14H20ClNO/c15-13-9-10-5-1-2-6-11(10)12(14(13)17)7-3-4-8-16/h9,17H,1-8,16H2. The summed E-state index contributed by atoms with van der Waals surface area (Å²) in [4.78, 5) is 0. The van der Waals surface area contributed by atoms with Gasteiger partial charge in [-0.15, -0.1) is 0 Å². The molecule has 0 amide bonds. The average Bonchev–Trinajstić information content (AvgIpc) is 2.34. The zero-order chi connectivity index (χ0) is 12.3. The summed E-state index contributed by atoms with van der Waals surface area (Å²) < 4.78 is 0. The van der Waals surface area contributed by atoms with Crippen molar-refractivity contribution in [3.05, 3.63) is 27.8 Å². The van der Waals surface area contributed by atoms with Gasteiger partial charge in [-0.25, -0.2) is 0 Å². The van der Waals surface area contributed by atoms with Gasteiger partial charge in [0.1, 0.15) is 5.75 Å². The van der Waals surface area contributed by atoms with Gasteiger partial charge >= 0.3 is 0 Å². The smallest absolute Gasteiger partial charge is 0.137 e. The number of unbranched alkanes of at least 4 members (excludes halogenated alkanes) is 1. The van der Waals surface area contributed by atoms with Crippen molar-refractivity contribution in [2.45, 2.75) is 44.9 Å². The van der Waals surface area contributed by atoms with Crippen LogP contribution in [0.5, 0.6) is 5.75 Å². The Kier molecular flexibility index (Phi) is 4.30. The van der Waals surface area contributed by atoms with Crippen LogP contribution in [0.3, 0.4) is 0 Å². The van der Waals surface area contributed by atoms with Gasteiger partial charge in [0.2, 0.25) is 0 Å². The summed E-state index contributed by atoms with van der Waals surface area (Å²) in [6.45, 7) is 0.712. The molecule has 0 bridgehead atoms. The van der Waals surface area contributed by atoms with E-state index in [-0.39, 0.29) is 0 Å². The molecule has 0 radical (unpaired) electrons. The first kappa shape index (κ1) is 12.7. The lowest BCUT2D eigenvalue weighted by Gasteiger charge is -2.21. The van der Waals surface area contributed by atoms with Crippen LogP contribution in [0.2, 0.25) is 5.02 Å². The fraction of sp³-hybridized carbons (Fsp3) is 0.571. The lowest BCUT2D eigenvalue weighted by Crippen LogP contribution is -2.08. The molecule has 1 aliphatic carbocycles. The number of fused-ring (bicyclic) bond motifs is 1. The van der Waals surface area contributed by atoms with Gasteiger partial charge in [-0.3, -0.25) is 0 Å². The van der Waals surface area contributed by atoms with Crippen LogP contribution in [0.15, 0.2) is 6.07 Å². The molecule has 2 nitrogen and oxygen atoms in total. The molecule has 3 N–H and O–H groups in total. The van der Waals surface area contributed by atoms with Crippen molar-refractivity contribution in [3.63, 3.8) is 0 Å². The lowest BCUT2D eigenvalue weighted by molar-refractivity contribution is 0.464. The van der Waals surface area contributed by atoms with Crippen LogP contribution in [-0.2, 0) is 19.3 Å². The van der Waals surface area contributed by atoms with E-state index in [1.807, 2.05) is 6.07 Å². The highest BCUT2D eigenvalue weighted by Gasteiger charge is 2.18. The van der Waals surface area contributed by atoms with Crippen molar-refractivity contribution < 1.29 is 5.11 Å². The molecule has 0 aromatic heterocycles. The van der Waals surface area contributed by atoms with Crippen molar-refractivity contribution in [2.75, 3.05) is 6.54 Å².